The van der Waals surface area contributed by atoms with Crippen molar-refractivity contribution in [1.29, 1.82) is 0 Å². The van der Waals surface area contributed by atoms with Crippen LogP contribution in [0.25, 0.3) is 10.6 Å². The molecule has 0 unspecified atom stereocenters. The zero-order valence-corrected chi connectivity index (χ0v) is 15.0. The number of amides is 1. The first-order valence-corrected chi connectivity index (χ1v) is 8.78. The molecule has 0 aliphatic carbocycles. The molecule has 132 valence electrons. The van der Waals surface area contributed by atoms with Crippen LogP contribution in [0, 0.1) is 0 Å². The lowest BCUT2D eigenvalue weighted by atomic mass is 10.1. The maximum absolute atomic E-state index is 12.0. The molecule has 1 aliphatic heterocycles. The average Bonchev–Trinajstić information content (AvgIpc) is 3.05. The highest BCUT2D eigenvalue weighted by atomic mass is 32.1. The van der Waals surface area contributed by atoms with Crippen molar-refractivity contribution in [3.63, 3.8) is 0 Å². The second-order valence-corrected chi connectivity index (χ2v) is 6.57. The van der Waals surface area contributed by atoms with Gasteiger partial charge in [-0.25, -0.2) is 9.97 Å². The number of anilines is 3. The summed E-state index contributed by atoms with van der Waals surface area (Å²) in [5, 5.41) is 8.01. The topological polar surface area (TPSA) is 85.4 Å². The summed E-state index contributed by atoms with van der Waals surface area (Å²) in [6.45, 7) is 0. The fourth-order valence-corrected chi connectivity index (χ4v) is 3.67. The van der Waals surface area contributed by atoms with Gasteiger partial charge in [-0.3, -0.25) is 4.79 Å². The van der Waals surface area contributed by atoms with Crippen LogP contribution in [0.15, 0.2) is 35.8 Å². The lowest BCUT2D eigenvalue weighted by Crippen LogP contribution is -2.12. The molecule has 0 bridgehead atoms. The molecule has 0 saturated carbocycles. The third kappa shape index (κ3) is 2.95. The van der Waals surface area contributed by atoms with E-state index < -0.39 is 0 Å². The first-order chi connectivity index (χ1) is 12.7. The van der Waals surface area contributed by atoms with Crippen molar-refractivity contribution in [2.75, 3.05) is 24.9 Å². The summed E-state index contributed by atoms with van der Waals surface area (Å²) < 4.78 is 10.6. The molecule has 0 radical (unpaired) electrons. The van der Waals surface area contributed by atoms with Crippen LogP contribution >= 0.6 is 11.3 Å². The number of nitrogens with zero attached hydrogens (tertiary/aromatic N) is 2. The number of fused-ring (bicyclic) bond motifs is 3. The summed E-state index contributed by atoms with van der Waals surface area (Å²) in [4.78, 5) is 21.9. The Bertz CT molecular complexity index is 986. The largest absolute Gasteiger partial charge is 0.493 e. The number of ether oxygens (including phenoxy) is 2. The lowest BCUT2D eigenvalue weighted by molar-refractivity contribution is -0.115. The monoisotopic (exact) mass is 368 g/mol. The van der Waals surface area contributed by atoms with Gasteiger partial charge in [-0.15, -0.1) is 11.3 Å². The molecule has 8 heteroatoms. The van der Waals surface area contributed by atoms with Gasteiger partial charge in [-0.2, -0.15) is 0 Å². The normalized spacial score (nSPS) is 12.5. The summed E-state index contributed by atoms with van der Waals surface area (Å²) in [5.74, 6) is 1.65. The summed E-state index contributed by atoms with van der Waals surface area (Å²) in [5.41, 5.74) is 3.14. The van der Waals surface area contributed by atoms with E-state index in [4.69, 9.17) is 9.47 Å². The summed E-state index contributed by atoms with van der Waals surface area (Å²) in [6, 6.07) is 7.37. The SMILES string of the molecule is COc1ccc(Nc2ncc3c(n2)-c2sccc2NC(=O)C3)cc1OC. The third-order valence-electron chi connectivity index (χ3n) is 4.01. The number of hydrogen-bond acceptors (Lipinski definition) is 7. The Morgan fingerprint density at radius 3 is 2.85 bits per heavy atom. The van der Waals surface area contributed by atoms with E-state index in [0.29, 0.717) is 17.4 Å². The molecule has 3 heterocycles. The van der Waals surface area contributed by atoms with Crippen LogP contribution in [0.2, 0.25) is 0 Å². The molecule has 3 aromatic rings. The number of benzene rings is 1. The van der Waals surface area contributed by atoms with E-state index in [1.165, 1.54) is 0 Å². The Morgan fingerprint density at radius 2 is 2.04 bits per heavy atom. The highest BCUT2D eigenvalue weighted by molar-refractivity contribution is 7.14. The fraction of sp³-hybridized carbons (Fsp3) is 0.167. The van der Waals surface area contributed by atoms with E-state index in [0.717, 1.165) is 27.5 Å². The Hall–Kier alpha value is -3.13. The molecule has 1 amide bonds. The van der Waals surface area contributed by atoms with Gasteiger partial charge in [-0.05, 0) is 23.6 Å². The van der Waals surface area contributed by atoms with Gasteiger partial charge in [0.15, 0.2) is 11.5 Å². The number of nitrogens with one attached hydrogen (secondary N) is 2. The molecule has 4 rings (SSSR count). The van der Waals surface area contributed by atoms with Crippen molar-refractivity contribution in [1.82, 2.24) is 9.97 Å². The molecule has 0 fully saturated rings. The minimum absolute atomic E-state index is 0.0624. The van der Waals surface area contributed by atoms with Gasteiger partial charge in [0.25, 0.3) is 0 Å². The van der Waals surface area contributed by atoms with Gasteiger partial charge >= 0.3 is 0 Å². The third-order valence-corrected chi connectivity index (χ3v) is 4.93. The molecule has 0 saturated heterocycles. The Labute approximate surface area is 154 Å². The molecule has 1 aromatic carbocycles. The van der Waals surface area contributed by atoms with E-state index in [1.807, 2.05) is 29.6 Å². The Balaban J connectivity index is 1.70. The molecular weight excluding hydrogens is 352 g/mol. The van der Waals surface area contributed by atoms with Gasteiger partial charge in [-0.1, -0.05) is 0 Å². The van der Waals surface area contributed by atoms with E-state index in [2.05, 4.69) is 20.6 Å². The van der Waals surface area contributed by atoms with E-state index in [-0.39, 0.29) is 12.3 Å². The zero-order valence-electron chi connectivity index (χ0n) is 14.2. The van der Waals surface area contributed by atoms with E-state index in [1.54, 1.807) is 31.8 Å². The van der Waals surface area contributed by atoms with Crippen LogP contribution in [-0.2, 0) is 11.2 Å². The maximum atomic E-state index is 12.0. The second kappa shape index (κ2) is 6.64. The summed E-state index contributed by atoms with van der Waals surface area (Å²) in [7, 11) is 3.18. The molecule has 2 aromatic heterocycles. The van der Waals surface area contributed by atoms with E-state index >= 15 is 0 Å². The van der Waals surface area contributed by atoms with Crippen molar-refractivity contribution in [3.8, 4) is 22.1 Å². The van der Waals surface area contributed by atoms with Crippen molar-refractivity contribution >= 4 is 34.6 Å². The number of carbonyl (C=O) groups excluding carboxylic acids is 1. The van der Waals surface area contributed by atoms with Crippen molar-refractivity contribution in [3.05, 3.63) is 41.4 Å². The van der Waals surface area contributed by atoms with Crippen LogP contribution in [-0.4, -0.2) is 30.1 Å². The highest BCUT2D eigenvalue weighted by Gasteiger charge is 2.22. The molecule has 26 heavy (non-hydrogen) atoms. The van der Waals surface area contributed by atoms with E-state index in [9.17, 15) is 4.79 Å². The smallest absolute Gasteiger partial charge is 0.228 e. The van der Waals surface area contributed by atoms with Crippen molar-refractivity contribution < 1.29 is 14.3 Å². The lowest BCUT2D eigenvalue weighted by Gasteiger charge is -2.11. The van der Waals surface area contributed by atoms with Gasteiger partial charge in [0, 0.05) is 23.5 Å². The first kappa shape index (κ1) is 16.3. The Morgan fingerprint density at radius 1 is 1.19 bits per heavy atom. The Kier molecular flexibility index (Phi) is 4.18. The average molecular weight is 368 g/mol. The summed E-state index contributed by atoms with van der Waals surface area (Å²) in [6.07, 6.45) is 1.95. The number of aromatic nitrogens is 2. The molecule has 0 atom stereocenters. The first-order valence-electron chi connectivity index (χ1n) is 7.90. The fourth-order valence-electron chi connectivity index (χ4n) is 2.79. The summed E-state index contributed by atoms with van der Waals surface area (Å²) >= 11 is 1.54. The van der Waals surface area contributed by atoms with Gasteiger partial charge in [0.05, 0.1) is 36.9 Å². The van der Waals surface area contributed by atoms with Gasteiger partial charge < -0.3 is 20.1 Å². The number of hydrogen-bond donors (Lipinski definition) is 2. The minimum Gasteiger partial charge on any atom is -0.493 e. The predicted octanol–water partition coefficient (Wildman–Crippen LogP) is 3.46. The number of carbonyl (C=O) groups is 1. The molecule has 7 nitrogen and oxygen atoms in total. The maximum Gasteiger partial charge on any atom is 0.228 e. The van der Waals surface area contributed by atoms with Crippen LogP contribution in [0.4, 0.5) is 17.3 Å². The standard InChI is InChI=1S/C18H16N4O3S/c1-24-13-4-3-11(8-14(13)25-2)20-18-19-9-10-7-15(23)21-12-5-6-26-17(12)16(10)22-18/h3-6,8-9H,7H2,1-2H3,(H,21,23)(H,19,20,22). The zero-order chi connectivity index (χ0) is 18.1. The quantitative estimate of drug-likeness (QED) is 0.734. The second-order valence-electron chi connectivity index (χ2n) is 5.65. The molecular formula is C18H16N4O3S. The molecule has 0 spiro atoms. The highest BCUT2D eigenvalue weighted by Crippen LogP contribution is 2.37. The van der Waals surface area contributed by atoms with Crippen LogP contribution in [0.5, 0.6) is 11.5 Å². The van der Waals surface area contributed by atoms with Crippen LogP contribution in [0.3, 0.4) is 0 Å². The minimum atomic E-state index is -0.0624. The number of rotatable bonds is 4. The molecule has 1 aliphatic rings. The van der Waals surface area contributed by atoms with Crippen molar-refractivity contribution in [2.45, 2.75) is 6.42 Å². The molecule has 2 N–H and O–H groups in total. The van der Waals surface area contributed by atoms with Crippen LogP contribution in [0.1, 0.15) is 5.56 Å². The number of methoxy groups -OCH3 is 2. The van der Waals surface area contributed by atoms with Gasteiger partial charge in [0.1, 0.15) is 0 Å². The van der Waals surface area contributed by atoms with Crippen LogP contribution < -0.4 is 20.1 Å². The van der Waals surface area contributed by atoms with Gasteiger partial charge in [0.2, 0.25) is 11.9 Å². The predicted molar refractivity (Wildman–Crippen MR) is 101 cm³/mol. The number of thiophene rings is 1. The van der Waals surface area contributed by atoms with Crippen molar-refractivity contribution in [2.24, 2.45) is 0 Å².